The second kappa shape index (κ2) is 5.34. The molecule has 2 N–H and O–H groups in total. The van der Waals surface area contributed by atoms with E-state index in [0.29, 0.717) is 6.54 Å². The van der Waals surface area contributed by atoms with Gasteiger partial charge in [0, 0.05) is 25.8 Å². The lowest BCUT2D eigenvalue weighted by Crippen LogP contribution is -2.18. The standard InChI is InChI=1S/C14H18N2S/c1-11-3-4-14(13(7-11)8-15)16(2)9-12-5-6-17-10-12/h3-7,10H,8-9,15H2,1-2H3. The predicted octanol–water partition coefficient (Wildman–Crippen LogP) is 3.15. The summed E-state index contributed by atoms with van der Waals surface area (Å²) in [6, 6.07) is 8.62. The van der Waals surface area contributed by atoms with Crippen molar-refractivity contribution in [1.29, 1.82) is 0 Å². The average Bonchev–Trinajstić information content (AvgIpc) is 2.81. The lowest BCUT2D eigenvalue weighted by atomic mass is 10.1. The average molecular weight is 246 g/mol. The van der Waals surface area contributed by atoms with Gasteiger partial charge in [0.15, 0.2) is 0 Å². The van der Waals surface area contributed by atoms with Crippen molar-refractivity contribution in [3.05, 3.63) is 51.7 Å². The van der Waals surface area contributed by atoms with Crippen LogP contribution in [0.25, 0.3) is 0 Å². The van der Waals surface area contributed by atoms with Crippen LogP contribution in [0.5, 0.6) is 0 Å². The quantitative estimate of drug-likeness (QED) is 0.898. The zero-order chi connectivity index (χ0) is 12.3. The normalized spacial score (nSPS) is 10.5. The zero-order valence-electron chi connectivity index (χ0n) is 10.3. The summed E-state index contributed by atoms with van der Waals surface area (Å²) in [5.41, 5.74) is 10.9. The molecule has 0 unspecified atom stereocenters. The molecule has 17 heavy (non-hydrogen) atoms. The number of nitrogens with zero attached hydrogens (tertiary/aromatic N) is 1. The Kier molecular flexibility index (Phi) is 3.82. The molecule has 0 aliphatic rings. The van der Waals surface area contributed by atoms with Gasteiger partial charge < -0.3 is 10.6 Å². The van der Waals surface area contributed by atoms with E-state index in [2.05, 4.69) is 53.9 Å². The van der Waals surface area contributed by atoms with Crippen molar-refractivity contribution in [3.63, 3.8) is 0 Å². The van der Waals surface area contributed by atoms with Crippen LogP contribution in [0.1, 0.15) is 16.7 Å². The predicted molar refractivity (Wildman–Crippen MR) is 75.5 cm³/mol. The first-order valence-electron chi connectivity index (χ1n) is 5.72. The van der Waals surface area contributed by atoms with Gasteiger partial charge in [-0.05, 0) is 40.9 Å². The summed E-state index contributed by atoms with van der Waals surface area (Å²) in [5, 5.41) is 4.30. The van der Waals surface area contributed by atoms with Gasteiger partial charge in [0.2, 0.25) is 0 Å². The molecule has 0 spiro atoms. The van der Waals surface area contributed by atoms with E-state index < -0.39 is 0 Å². The van der Waals surface area contributed by atoms with Gasteiger partial charge in [-0.3, -0.25) is 0 Å². The highest BCUT2D eigenvalue weighted by molar-refractivity contribution is 7.07. The van der Waals surface area contributed by atoms with Crippen LogP contribution in [-0.2, 0) is 13.1 Å². The minimum absolute atomic E-state index is 0.588. The second-order valence-electron chi connectivity index (χ2n) is 4.32. The van der Waals surface area contributed by atoms with Gasteiger partial charge in [0.05, 0.1) is 0 Å². The van der Waals surface area contributed by atoms with Crippen molar-refractivity contribution in [3.8, 4) is 0 Å². The third kappa shape index (κ3) is 2.87. The van der Waals surface area contributed by atoms with Crippen molar-refractivity contribution in [1.82, 2.24) is 0 Å². The monoisotopic (exact) mass is 246 g/mol. The number of nitrogens with two attached hydrogens (primary N) is 1. The van der Waals surface area contributed by atoms with Gasteiger partial charge in [0.1, 0.15) is 0 Å². The Labute approximate surface area is 107 Å². The molecule has 0 saturated heterocycles. The summed E-state index contributed by atoms with van der Waals surface area (Å²) >= 11 is 1.74. The summed E-state index contributed by atoms with van der Waals surface area (Å²) in [7, 11) is 2.11. The van der Waals surface area contributed by atoms with Crippen molar-refractivity contribution in [2.24, 2.45) is 5.73 Å². The van der Waals surface area contributed by atoms with E-state index >= 15 is 0 Å². The molecule has 2 rings (SSSR count). The summed E-state index contributed by atoms with van der Waals surface area (Å²) in [4.78, 5) is 2.25. The van der Waals surface area contributed by atoms with Gasteiger partial charge in [-0.15, -0.1) is 0 Å². The van der Waals surface area contributed by atoms with E-state index in [4.69, 9.17) is 5.73 Å². The first kappa shape index (κ1) is 12.1. The van der Waals surface area contributed by atoms with Gasteiger partial charge in [-0.1, -0.05) is 17.7 Å². The highest BCUT2D eigenvalue weighted by Gasteiger charge is 2.07. The number of anilines is 1. The van der Waals surface area contributed by atoms with Gasteiger partial charge in [0.25, 0.3) is 0 Å². The summed E-state index contributed by atoms with van der Waals surface area (Å²) < 4.78 is 0. The third-order valence-corrected chi connectivity index (χ3v) is 3.60. The number of thiophene rings is 1. The van der Waals surface area contributed by atoms with Crippen molar-refractivity contribution >= 4 is 17.0 Å². The summed E-state index contributed by atoms with van der Waals surface area (Å²) in [6.07, 6.45) is 0. The van der Waals surface area contributed by atoms with E-state index in [1.807, 2.05) is 0 Å². The Bertz CT molecular complexity index is 477. The molecule has 1 heterocycles. The van der Waals surface area contributed by atoms with E-state index in [9.17, 15) is 0 Å². The molecule has 0 saturated carbocycles. The lowest BCUT2D eigenvalue weighted by Gasteiger charge is -2.22. The molecular weight excluding hydrogens is 228 g/mol. The largest absolute Gasteiger partial charge is 0.370 e. The molecule has 2 aromatic rings. The summed E-state index contributed by atoms with van der Waals surface area (Å²) in [5.74, 6) is 0. The van der Waals surface area contributed by atoms with Gasteiger partial charge in [-0.25, -0.2) is 0 Å². The Morgan fingerprint density at radius 1 is 1.29 bits per heavy atom. The number of hydrogen-bond donors (Lipinski definition) is 1. The maximum Gasteiger partial charge on any atom is 0.0434 e. The molecule has 0 aliphatic heterocycles. The highest BCUT2D eigenvalue weighted by Crippen LogP contribution is 2.22. The van der Waals surface area contributed by atoms with Crippen LogP contribution in [0, 0.1) is 6.92 Å². The fourth-order valence-corrected chi connectivity index (χ4v) is 2.65. The fourth-order valence-electron chi connectivity index (χ4n) is 1.99. The first-order valence-corrected chi connectivity index (χ1v) is 6.67. The Hall–Kier alpha value is -1.32. The minimum Gasteiger partial charge on any atom is -0.370 e. The van der Waals surface area contributed by atoms with Crippen LogP contribution in [0.4, 0.5) is 5.69 Å². The molecule has 0 amide bonds. The number of benzene rings is 1. The molecule has 90 valence electrons. The van der Waals surface area contributed by atoms with Crippen LogP contribution >= 0.6 is 11.3 Å². The Morgan fingerprint density at radius 2 is 2.12 bits per heavy atom. The van der Waals surface area contributed by atoms with Gasteiger partial charge >= 0.3 is 0 Å². The lowest BCUT2D eigenvalue weighted by molar-refractivity contribution is 0.906. The maximum absolute atomic E-state index is 5.81. The van der Waals surface area contributed by atoms with Crippen molar-refractivity contribution in [2.45, 2.75) is 20.0 Å². The number of rotatable bonds is 4. The molecule has 3 heteroatoms. The highest BCUT2D eigenvalue weighted by atomic mass is 32.1. The van der Waals surface area contributed by atoms with Crippen LogP contribution in [0.2, 0.25) is 0 Å². The smallest absolute Gasteiger partial charge is 0.0434 e. The summed E-state index contributed by atoms with van der Waals surface area (Å²) in [6.45, 7) is 3.62. The molecular formula is C14H18N2S. The molecule has 0 radical (unpaired) electrons. The second-order valence-corrected chi connectivity index (χ2v) is 5.10. The SMILES string of the molecule is Cc1ccc(N(C)Cc2ccsc2)c(CN)c1. The third-order valence-electron chi connectivity index (χ3n) is 2.87. The van der Waals surface area contributed by atoms with Crippen LogP contribution in [0.15, 0.2) is 35.0 Å². The van der Waals surface area contributed by atoms with Crippen LogP contribution in [-0.4, -0.2) is 7.05 Å². The van der Waals surface area contributed by atoms with E-state index in [1.165, 1.54) is 22.4 Å². The number of hydrogen-bond acceptors (Lipinski definition) is 3. The topological polar surface area (TPSA) is 29.3 Å². The molecule has 0 bridgehead atoms. The van der Waals surface area contributed by atoms with Crippen LogP contribution < -0.4 is 10.6 Å². The van der Waals surface area contributed by atoms with E-state index in [-0.39, 0.29) is 0 Å². The van der Waals surface area contributed by atoms with Crippen molar-refractivity contribution < 1.29 is 0 Å². The molecule has 1 aromatic carbocycles. The Balaban J connectivity index is 2.21. The van der Waals surface area contributed by atoms with E-state index in [0.717, 1.165) is 6.54 Å². The maximum atomic E-state index is 5.81. The fraction of sp³-hybridized carbons (Fsp3) is 0.286. The van der Waals surface area contributed by atoms with Crippen molar-refractivity contribution in [2.75, 3.05) is 11.9 Å². The Morgan fingerprint density at radius 3 is 2.76 bits per heavy atom. The van der Waals surface area contributed by atoms with Gasteiger partial charge in [-0.2, -0.15) is 11.3 Å². The molecule has 2 nitrogen and oxygen atoms in total. The molecule has 0 atom stereocenters. The first-order chi connectivity index (χ1) is 8.20. The molecule has 0 aliphatic carbocycles. The van der Waals surface area contributed by atoms with Crippen LogP contribution in [0.3, 0.4) is 0 Å². The molecule has 0 fully saturated rings. The molecule has 1 aromatic heterocycles. The zero-order valence-corrected chi connectivity index (χ0v) is 11.1. The number of aryl methyl sites for hydroxylation is 1. The van der Waals surface area contributed by atoms with E-state index in [1.54, 1.807) is 11.3 Å². The minimum atomic E-state index is 0.588.